The van der Waals surface area contributed by atoms with Gasteiger partial charge in [-0.05, 0) is 47.1 Å². The van der Waals surface area contributed by atoms with E-state index in [0.717, 1.165) is 23.2 Å². The van der Waals surface area contributed by atoms with Crippen molar-refractivity contribution in [1.82, 2.24) is 10.2 Å². The quantitative estimate of drug-likeness (QED) is 0.453. The van der Waals surface area contributed by atoms with Gasteiger partial charge in [-0.2, -0.15) is 0 Å². The zero-order chi connectivity index (χ0) is 21.7. The first-order chi connectivity index (χ1) is 14.3. The maximum absolute atomic E-state index is 12.4. The highest BCUT2D eigenvalue weighted by Crippen LogP contribution is 2.28. The zero-order valence-corrected chi connectivity index (χ0v) is 19.0. The third-order valence-corrected chi connectivity index (χ3v) is 5.93. The number of nitrogens with zero attached hydrogens (tertiary/aromatic N) is 2. The van der Waals surface area contributed by atoms with E-state index in [0.29, 0.717) is 17.0 Å². The maximum atomic E-state index is 12.4. The van der Waals surface area contributed by atoms with Crippen molar-refractivity contribution in [3.8, 4) is 11.5 Å². The van der Waals surface area contributed by atoms with E-state index in [-0.39, 0.29) is 17.1 Å². The smallest absolute Gasteiger partial charge is 0.277 e. The summed E-state index contributed by atoms with van der Waals surface area (Å²) < 4.78 is 5.74. The monoisotopic (exact) mass is 423 g/mol. The molecule has 2 aromatic carbocycles. The second-order valence-electron chi connectivity index (χ2n) is 8.43. The third-order valence-electron chi connectivity index (χ3n) is 5.11. The van der Waals surface area contributed by atoms with Gasteiger partial charge in [0.15, 0.2) is 0 Å². The van der Waals surface area contributed by atoms with Gasteiger partial charge in [-0.1, -0.05) is 76.7 Å². The molecule has 6 heteroatoms. The Bertz CT molecular complexity index is 990. The molecule has 0 radical (unpaired) electrons. The lowest BCUT2D eigenvalue weighted by molar-refractivity contribution is -0.113. The summed E-state index contributed by atoms with van der Waals surface area (Å²) in [7, 11) is 0. The second kappa shape index (κ2) is 9.47. The van der Waals surface area contributed by atoms with E-state index < -0.39 is 0 Å². The normalized spacial score (nSPS) is 12.6. The molecule has 0 unspecified atom stereocenters. The lowest BCUT2D eigenvalue weighted by atomic mass is 9.87. The fraction of sp³-hybridized carbons (Fsp3) is 0.375. The van der Waals surface area contributed by atoms with Crippen LogP contribution in [0.5, 0.6) is 0 Å². The summed E-state index contributed by atoms with van der Waals surface area (Å²) in [5.74, 6) is 0.960. The summed E-state index contributed by atoms with van der Waals surface area (Å²) in [5.41, 5.74) is 4.22. The second-order valence-corrected chi connectivity index (χ2v) is 9.36. The number of carbonyl (C=O) groups excluding carboxylic acids is 1. The van der Waals surface area contributed by atoms with Gasteiger partial charge < -0.3 is 9.73 Å². The van der Waals surface area contributed by atoms with Gasteiger partial charge in [0.05, 0.1) is 5.75 Å². The number of nitrogens with one attached hydrogen (secondary N) is 1. The predicted octanol–water partition coefficient (Wildman–Crippen LogP) is 6.28. The van der Waals surface area contributed by atoms with Gasteiger partial charge in [0.1, 0.15) is 0 Å². The highest BCUT2D eigenvalue weighted by atomic mass is 32.2. The molecule has 5 nitrogen and oxygen atoms in total. The summed E-state index contributed by atoms with van der Waals surface area (Å²) in [6, 6.07) is 16.1. The van der Waals surface area contributed by atoms with Gasteiger partial charge in [-0.3, -0.25) is 4.79 Å². The average Bonchev–Trinajstić information content (AvgIpc) is 3.21. The molecule has 0 fully saturated rings. The molecule has 0 saturated carbocycles. The van der Waals surface area contributed by atoms with Crippen LogP contribution in [0.25, 0.3) is 11.5 Å². The van der Waals surface area contributed by atoms with Crippen LogP contribution in [0.2, 0.25) is 0 Å². The highest BCUT2D eigenvalue weighted by molar-refractivity contribution is 7.99. The summed E-state index contributed by atoms with van der Waals surface area (Å²) in [6.07, 6.45) is 1.02. The minimum absolute atomic E-state index is 0.0925. The number of para-hydroxylation sites is 1. The molecule has 30 heavy (non-hydrogen) atoms. The van der Waals surface area contributed by atoms with Gasteiger partial charge in [0.2, 0.25) is 11.8 Å². The highest BCUT2D eigenvalue weighted by Gasteiger charge is 2.16. The summed E-state index contributed by atoms with van der Waals surface area (Å²) in [4.78, 5) is 12.4. The number of carbonyl (C=O) groups is 1. The Morgan fingerprint density at radius 3 is 2.47 bits per heavy atom. The van der Waals surface area contributed by atoms with Crippen LogP contribution >= 0.6 is 11.8 Å². The first-order valence-electron chi connectivity index (χ1n) is 10.2. The number of aromatic nitrogens is 2. The van der Waals surface area contributed by atoms with Crippen molar-refractivity contribution in [2.45, 2.75) is 57.6 Å². The molecule has 3 rings (SSSR count). The Morgan fingerprint density at radius 2 is 1.80 bits per heavy atom. The van der Waals surface area contributed by atoms with Crippen molar-refractivity contribution in [2.24, 2.45) is 0 Å². The molecule has 1 heterocycles. The fourth-order valence-corrected chi connectivity index (χ4v) is 3.63. The van der Waals surface area contributed by atoms with Crippen LogP contribution in [0.15, 0.2) is 58.2 Å². The van der Waals surface area contributed by atoms with Crippen molar-refractivity contribution >= 4 is 23.4 Å². The van der Waals surface area contributed by atoms with Crippen molar-refractivity contribution < 1.29 is 9.21 Å². The molecule has 0 spiro atoms. The molecule has 1 atom stereocenters. The van der Waals surface area contributed by atoms with Gasteiger partial charge in [0.25, 0.3) is 5.22 Å². The van der Waals surface area contributed by atoms with E-state index in [4.69, 9.17) is 4.42 Å². The topological polar surface area (TPSA) is 68.0 Å². The van der Waals surface area contributed by atoms with Crippen LogP contribution in [-0.2, 0) is 10.2 Å². The lowest BCUT2D eigenvalue weighted by Gasteiger charge is -2.18. The Kier molecular flexibility index (Phi) is 6.98. The van der Waals surface area contributed by atoms with E-state index in [1.807, 2.05) is 30.3 Å². The van der Waals surface area contributed by atoms with Crippen LogP contribution in [0.4, 0.5) is 5.69 Å². The fourth-order valence-electron chi connectivity index (χ4n) is 3.07. The number of hydrogen-bond donors (Lipinski definition) is 1. The number of thioether (sulfide) groups is 1. The van der Waals surface area contributed by atoms with E-state index in [9.17, 15) is 4.79 Å². The average molecular weight is 424 g/mol. The van der Waals surface area contributed by atoms with Crippen molar-refractivity contribution in [1.29, 1.82) is 0 Å². The summed E-state index contributed by atoms with van der Waals surface area (Å²) in [6.45, 7) is 10.8. The van der Waals surface area contributed by atoms with Gasteiger partial charge in [-0.15, -0.1) is 10.2 Å². The van der Waals surface area contributed by atoms with Crippen LogP contribution < -0.4 is 5.32 Å². The Balaban J connectivity index is 1.60. The van der Waals surface area contributed by atoms with E-state index in [1.54, 1.807) is 0 Å². The molecule has 158 valence electrons. The predicted molar refractivity (Wildman–Crippen MR) is 123 cm³/mol. The SMILES string of the molecule is CC[C@H](C)c1ccccc1NC(=O)CSc1nnc(-c2ccc(C(C)(C)C)cc2)o1. The van der Waals surface area contributed by atoms with Gasteiger partial charge in [0, 0.05) is 11.3 Å². The number of benzene rings is 2. The molecular formula is C24H29N3O2S. The Hall–Kier alpha value is -2.60. The number of amides is 1. The van der Waals surface area contributed by atoms with Crippen LogP contribution in [-0.4, -0.2) is 21.9 Å². The van der Waals surface area contributed by atoms with Gasteiger partial charge >= 0.3 is 0 Å². The van der Waals surface area contributed by atoms with E-state index in [1.165, 1.54) is 17.3 Å². The molecule has 0 saturated heterocycles. The standard InChI is InChI=1S/C24H29N3O2S/c1-6-16(2)19-9-7-8-10-20(19)25-21(28)15-30-23-27-26-22(29-23)17-11-13-18(14-12-17)24(3,4)5/h7-14,16H,6,15H2,1-5H3,(H,25,28)/t16-/m0/s1. The van der Waals surface area contributed by atoms with E-state index in [2.05, 4.69) is 68.3 Å². The van der Waals surface area contributed by atoms with Crippen LogP contribution in [0.3, 0.4) is 0 Å². The number of rotatable bonds is 7. The molecule has 0 bridgehead atoms. The molecule has 0 aliphatic carbocycles. The van der Waals surface area contributed by atoms with Crippen molar-refractivity contribution in [3.63, 3.8) is 0 Å². The number of anilines is 1. The molecule has 0 aliphatic heterocycles. The molecule has 1 aromatic heterocycles. The molecule has 1 amide bonds. The molecule has 1 N–H and O–H groups in total. The largest absolute Gasteiger partial charge is 0.411 e. The molecule has 3 aromatic rings. The summed E-state index contributed by atoms with van der Waals surface area (Å²) in [5, 5.41) is 11.6. The maximum Gasteiger partial charge on any atom is 0.277 e. The van der Waals surface area contributed by atoms with E-state index >= 15 is 0 Å². The summed E-state index contributed by atoms with van der Waals surface area (Å²) >= 11 is 1.24. The first kappa shape index (κ1) is 22.1. The Labute approximate surface area is 182 Å². The minimum Gasteiger partial charge on any atom is -0.411 e. The third kappa shape index (κ3) is 5.51. The Morgan fingerprint density at radius 1 is 1.10 bits per heavy atom. The molecular weight excluding hydrogens is 394 g/mol. The number of hydrogen-bond acceptors (Lipinski definition) is 5. The van der Waals surface area contributed by atoms with Gasteiger partial charge in [-0.25, -0.2) is 0 Å². The zero-order valence-electron chi connectivity index (χ0n) is 18.2. The van der Waals surface area contributed by atoms with Crippen LogP contribution in [0.1, 0.15) is 58.1 Å². The van der Waals surface area contributed by atoms with Crippen LogP contribution in [0, 0.1) is 0 Å². The first-order valence-corrected chi connectivity index (χ1v) is 11.2. The molecule has 0 aliphatic rings. The van der Waals surface area contributed by atoms with Crippen molar-refractivity contribution in [3.05, 3.63) is 59.7 Å². The minimum atomic E-state index is -0.0926. The lowest BCUT2D eigenvalue weighted by Crippen LogP contribution is -2.15. The van der Waals surface area contributed by atoms with Crippen molar-refractivity contribution in [2.75, 3.05) is 11.1 Å².